The normalized spacial score (nSPS) is 15.5. The SMILES string of the molecule is CCc1cc2c(cc1F)c(C(=O)O)c(-c1ccc(NS(=O)(=O)C(C)(C)C)cn1)n2C1CCCCC1. The van der Waals surface area contributed by atoms with Gasteiger partial charge in [-0.1, -0.05) is 26.2 Å². The molecule has 1 aliphatic rings. The van der Waals surface area contributed by atoms with E-state index in [0.717, 1.165) is 32.1 Å². The first-order chi connectivity index (χ1) is 16.4. The number of aryl methyl sites for hydroxylation is 1. The van der Waals surface area contributed by atoms with Crippen LogP contribution in [0.15, 0.2) is 30.5 Å². The van der Waals surface area contributed by atoms with Crippen molar-refractivity contribution in [2.45, 2.75) is 77.0 Å². The van der Waals surface area contributed by atoms with Gasteiger partial charge in [0.2, 0.25) is 10.0 Å². The van der Waals surface area contributed by atoms with Gasteiger partial charge >= 0.3 is 5.97 Å². The number of fused-ring (bicyclic) bond motifs is 1. The maximum Gasteiger partial charge on any atom is 0.338 e. The molecule has 2 heterocycles. The third-order valence-electron chi connectivity index (χ3n) is 6.77. The van der Waals surface area contributed by atoms with Crippen LogP contribution in [0.3, 0.4) is 0 Å². The molecule has 2 aromatic heterocycles. The summed E-state index contributed by atoms with van der Waals surface area (Å²) >= 11 is 0. The van der Waals surface area contributed by atoms with Gasteiger partial charge in [-0.15, -0.1) is 0 Å². The number of benzene rings is 1. The average Bonchev–Trinajstić information content (AvgIpc) is 3.12. The van der Waals surface area contributed by atoms with Crippen molar-refractivity contribution in [3.63, 3.8) is 0 Å². The molecule has 35 heavy (non-hydrogen) atoms. The van der Waals surface area contributed by atoms with Crippen LogP contribution in [0.2, 0.25) is 0 Å². The number of hydrogen-bond donors (Lipinski definition) is 2. The molecule has 1 fully saturated rings. The zero-order valence-electron chi connectivity index (χ0n) is 20.6. The summed E-state index contributed by atoms with van der Waals surface area (Å²) in [5.41, 5.74) is 2.37. The van der Waals surface area contributed by atoms with Gasteiger partial charge in [0.05, 0.1) is 39.1 Å². The van der Waals surface area contributed by atoms with E-state index in [2.05, 4.69) is 9.71 Å². The van der Waals surface area contributed by atoms with Gasteiger partial charge in [0.15, 0.2) is 0 Å². The fourth-order valence-electron chi connectivity index (χ4n) is 4.73. The minimum Gasteiger partial charge on any atom is -0.478 e. The van der Waals surface area contributed by atoms with E-state index in [1.54, 1.807) is 39.0 Å². The molecular weight excluding hydrogens is 469 g/mol. The fraction of sp³-hybridized carbons (Fsp3) is 0.462. The molecule has 2 N–H and O–H groups in total. The first-order valence-corrected chi connectivity index (χ1v) is 13.5. The first kappa shape index (κ1) is 25.2. The zero-order chi connectivity index (χ0) is 25.5. The largest absolute Gasteiger partial charge is 0.478 e. The Hall–Kier alpha value is -2.94. The van der Waals surface area contributed by atoms with Crippen molar-refractivity contribution in [1.82, 2.24) is 9.55 Å². The van der Waals surface area contributed by atoms with Crippen LogP contribution in [0.1, 0.15) is 81.8 Å². The Labute approximate surface area is 205 Å². The molecule has 7 nitrogen and oxygen atoms in total. The molecule has 4 rings (SSSR count). The van der Waals surface area contributed by atoms with Crippen LogP contribution in [0.25, 0.3) is 22.3 Å². The predicted molar refractivity (Wildman–Crippen MR) is 136 cm³/mol. The minimum atomic E-state index is -3.64. The Kier molecular flexibility index (Phi) is 6.66. The topological polar surface area (TPSA) is 101 Å². The molecule has 0 aliphatic heterocycles. The van der Waals surface area contributed by atoms with Crippen LogP contribution < -0.4 is 4.72 Å². The number of aromatic nitrogens is 2. The predicted octanol–water partition coefficient (Wildman–Crippen LogP) is 6.15. The number of hydrogen-bond acceptors (Lipinski definition) is 4. The zero-order valence-corrected chi connectivity index (χ0v) is 21.4. The van der Waals surface area contributed by atoms with E-state index in [1.165, 1.54) is 12.3 Å². The maximum absolute atomic E-state index is 14.8. The van der Waals surface area contributed by atoms with Gasteiger partial charge in [-0.3, -0.25) is 9.71 Å². The highest BCUT2D eigenvalue weighted by molar-refractivity contribution is 7.94. The number of halogens is 1. The number of carboxylic acids is 1. The van der Waals surface area contributed by atoms with E-state index in [1.807, 2.05) is 11.5 Å². The number of sulfonamides is 1. The number of rotatable bonds is 6. The van der Waals surface area contributed by atoms with Crippen molar-refractivity contribution in [3.8, 4) is 11.4 Å². The van der Waals surface area contributed by atoms with Gasteiger partial charge in [0.25, 0.3) is 0 Å². The number of pyridine rings is 1. The lowest BCUT2D eigenvalue weighted by Gasteiger charge is -2.26. The third-order valence-corrected chi connectivity index (χ3v) is 8.89. The van der Waals surface area contributed by atoms with Gasteiger partial charge in [-0.2, -0.15) is 0 Å². The smallest absolute Gasteiger partial charge is 0.338 e. The molecular formula is C26H32FN3O4S. The highest BCUT2D eigenvalue weighted by atomic mass is 32.2. The van der Waals surface area contributed by atoms with Crippen LogP contribution in [0.5, 0.6) is 0 Å². The molecule has 0 amide bonds. The summed E-state index contributed by atoms with van der Waals surface area (Å²) in [4.78, 5) is 16.9. The van der Waals surface area contributed by atoms with Crippen molar-refractivity contribution in [2.75, 3.05) is 4.72 Å². The highest BCUT2D eigenvalue weighted by Crippen LogP contribution is 2.41. The minimum absolute atomic E-state index is 0.0163. The molecule has 9 heteroatoms. The van der Waals surface area contributed by atoms with Gasteiger partial charge in [0, 0.05) is 11.4 Å². The summed E-state index contributed by atoms with van der Waals surface area (Å²) in [6.07, 6.45) is 6.90. The number of anilines is 1. The average molecular weight is 502 g/mol. The second-order valence-electron chi connectivity index (χ2n) is 10.2. The van der Waals surface area contributed by atoms with Crippen molar-refractivity contribution >= 4 is 32.6 Å². The highest BCUT2D eigenvalue weighted by Gasteiger charge is 2.31. The second-order valence-corrected chi connectivity index (χ2v) is 12.6. The molecule has 3 aromatic rings. The monoisotopic (exact) mass is 501 g/mol. The number of nitrogens with one attached hydrogen (secondary N) is 1. The van der Waals surface area contributed by atoms with Crippen LogP contribution in [-0.4, -0.2) is 33.8 Å². The summed E-state index contributed by atoms with van der Waals surface area (Å²) in [5.74, 6) is -1.57. The standard InChI is InChI=1S/C26H32FN3O4S/c1-5-16-13-22-19(14-20(16)27)23(25(31)32)24(30(22)18-9-7-6-8-10-18)21-12-11-17(15-28-21)29-35(33,34)26(2,3)4/h11-15,18,29H,5-10H2,1-4H3,(H,31,32). The van der Waals surface area contributed by atoms with Crippen molar-refractivity contribution in [2.24, 2.45) is 0 Å². The van der Waals surface area contributed by atoms with E-state index in [9.17, 15) is 22.7 Å². The molecule has 0 unspecified atom stereocenters. The number of carboxylic acid groups (broad SMARTS) is 1. The van der Waals surface area contributed by atoms with E-state index < -0.39 is 26.6 Å². The molecule has 1 aromatic carbocycles. The third kappa shape index (κ3) is 4.66. The van der Waals surface area contributed by atoms with E-state index in [4.69, 9.17) is 0 Å². The number of aromatic carboxylic acids is 1. The van der Waals surface area contributed by atoms with Crippen molar-refractivity contribution in [3.05, 3.63) is 47.4 Å². The summed E-state index contributed by atoms with van der Waals surface area (Å²) in [6.45, 7) is 6.67. The lowest BCUT2D eigenvalue weighted by molar-refractivity contribution is 0.0699. The summed E-state index contributed by atoms with van der Waals surface area (Å²) in [7, 11) is -3.64. The van der Waals surface area contributed by atoms with Crippen molar-refractivity contribution < 1.29 is 22.7 Å². The van der Waals surface area contributed by atoms with Gasteiger partial charge in [-0.25, -0.2) is 17.6 Å². The van der Waals surface area contributed by atoms with Crippen LogP contribution in [0.4, 0.5) is 10.1 Å². The van der Waals surface area contributed by atoms with E-state index in [-0.39, 0.29) is 11.6 Å². The lowest BCUT2D eigenvalue weighted by Crippen LogP contribution is -2.33. The van der Waals surface area contributed by atoms with E-state index >= 15 is 0 Å². The Balaban J connectivity index is 1.92. The molecule has 0 bridgehead atoms. The van der Waals surface area contributed by atoms with Gasteiger partial charge < -0.3 is 9.67 Å². The Morgan fingerprint density at radius 3 is 2.43 bits per heavy atom. The van der Waals surface area contributed by atoms with Gasteiger partial charge in [0.1, 0.15) is 5.82 Å². The first-order valence-electron chi connectivity index (χ1n) is 12.0. The summed E-state index contributed by atoms with van der Waals surface area (Å²) < 4.78 is 43.4. The van der Waals surface area contributed by atoms with Crippen LogP contribution >= 0.6 is 0 Å². The van der Waals surface area contributed by atoms with Crippen LogP contribution in [-0.2, 0) is 16.4 Å². The molecule has 188 valence electrons. The summed E-state index contributed by atoms with van der Waals surface area (Å²) in [6, 6.07) is 6.37. The number of nitrogens with zero attached hydrogens (tertiary/aromatic N) is 2. The number of carbonyl (C=O) groups is 1. The Morgan fingerprint density at radius 1 is 1.20 bits per heavy atom. The molecule has 0 radical (unpaired) electrons. The lowest BCUT2D eigenvalue weighted by atomic mass is 9.94. The summed E-state index contributed by atoms with van der Waals surface area (Å²) in [5, 5.41) is 10.5. The molecule has 0 spiro atoms. The quantitative estimate of drug-likeness (QED) is 0.422. The molecule has 1 aliphatic carbocycles. The Morgan fingerprint density at radius 2 is 1.89 bits per heavy atom. The second kappa shape index (κ2) is 9.26. The van der Waals surface area contributed by atoms with Gasteiger partial charge in [-0.05, 0) is 69.9 Å². The molecule has 1 saturated carbocycles. The van der Waals surface area contributed by atoms with Crippen molar-refractivity contribution in [1.29, 1.82) is 0 Å². The molecule has 0 atom stereocenters. The van der Waals surface area contributed by atoms with E-state index in [0.29, 0.717) is 40.0 Å². The molecule has 0 saturated heterocycles. The Bertz CT molecular complexity index is 1370. The van der Waals surface area contributed by atoms with Crippen LogP contribution in [0, 0.1) is 5.82 Å². The fourth-order valence-corrected chi connectivity index (χ4v) is 5.47. The maximum atomic E-state index is 14.8.